The van der Waals surface area contributed by atoms with Gasteiger partial charge in [0.25, 0.3) is 0 Å². The number of primary amides is 1. The number of amides is 2. The van der Waals surface area contributed by atoms with Crippen LogP contribution in [0, 0.1) is 5.92 Å². The van der Waals surface area contributed by atoms with Crippen LogP contribution >= 0.6 is 0 Å². The topological polar surface area (TPSA) is 88.0 Å². The lowest BCUT2D eigenvalue weighted by atomic mass is 10.0. The molecule has 1 aromatic heterocycles. The zero-order chi connectivity index (χ0) is 16.1. The van der Waals surface area contributed by atoms with E-state index in [-0.39, 0.29) is 5.91 Å². The smallest absolute Gasteiger partial charge is 0.240 e. The standard InChI is InChI=1S/C17H23N3O2/c1-11(2)7-8-16(21)20-15(17(18)22)9-12-10-19-14-6-4-3-5-13(12)14/h3-6,10-11,15,19H,7-9H2,1-2H3,(H2,18,22)(H,20,21). The summed E-state index contributed by atoms with van der Waals surface area (Å²) >= 11 is 0. The summed E-state index contributed by atoms with van der Waals surface area (Å²) in [7, 11) is 0. The highest BCUT2D eigenvalue weighted by Gasteiger charge is 2.20. The second kappa shape index (κ2) is 7.11. The normalized spacial score (nSPS) is 12.5. The molecule has 0 fully saturated rings. The second-order valence-electron chi connectivity index (χ2n) is 6.02. The van der Waals surface area contributed by atoms with Crippen LogP contribution in [0.15, 0.2) is 30.5 Å². The first-order valence-corrected chi connectivity index (χ1v) is 7.61. The van der Waals surface area contributed by atoms with Gasteiger partial charge in [0.1, 0.15) is 6.04 Å². The molecular formula is C17H23N3O2. The number of para-hydroxylation sites is 1. The van der Waals surface area contributed by atoms with Crippen LogP contribution < -0.4 is 11.1 Å². The van der Waals surface area contributed by atoms with E-state index in [2.05, 4.69) is 24.1 Å². The molecule has 1 heterocycles. The number of nitrogens with one attached hydrogen (secondary N) is 2. The molecule has 0 saturated carbocycles. The summed E-state index contributed by atoms with van der Waals surface area (Å²) in [5.74, 6) is -0.188. The van der Waals surface area contributed by atoms with E-state index in [0.717, 1.165) is 22.9 Å². The van der Waals surface area contributed by atoms with E-state index in [0.29, 0.717) is 18.8 Å². The van der Waals surface area contributed by atoms with Crippen LogP contribution in [0.1, 0.15) is 32.3 Å². The summed E-state index contributed by atoms with van der Waals surface area (Å²) in [6.45, 7) is 4.12. The van der Waals surface area contributed by atoms with Gasteiger partial charge in [-0.15, -0.1) is 0 Å². The third-order valence-corrected chi connectivity index (χ3v) is 3.73. The van der Waals surface area contributed by atoms with Crippen molar-refractivity contribution in [3.63, 3.8) is 0 Å². The van der Waals surface area contributed by atoms with Gasteiger partial charge in [0.2, 0.25) is 11.8 Å². The average molecular weight is 301 g/mol. The van der Waals surface area contributed by atoms with Gasteiger partial charge < -0.3 is 16.0 Å². The maximum Gasteiger partial charge on any atom is 0.240 e. The molecule has 118 valence electrons. The molecule has 2 rings (SSSR count). The van der Waals surface area contributed by atoms with E-state index in [4.69, 9.17) is 5.73 Å². The highest BCUT2D eigenvalue weighted by molar-refractivity contribution is 5.88. The molecule has 2 amide bonds. The highest BCUT2D eigenvalue weighted by Crippen LogP contribution is 2.19. The van der Waals surface area contributed by atoms with Crippen molar-refractivity contribution in [3.8, 4) is 0 Å². The van der Waals surface area contributed by atoms with Gasteiger partial charge >= 0.3 is 0 Å². The number of aromatic nitrogens is 1. The number of rotatable bonds is 7. The van der Waals surface area contributed by atoms with Crippen molar-refractivity contribution in [1.29, 1.82) is 0 Å². The first kappa shape index (κ1) is 16.1. The van der Waals surface area contributed by atoms with Gasteiger partial charge in [-0.05, 0) is 24.0 Å². The Balaban J connectivity index is 2.06. The van der Waals surface area contributed by atoms with E-state index in [9.17, 15) is 9.59 Å². The van der Waals surface area contributed by atoms with Gasteiger partial charge in [-0.3, -0.25) is 9.59 Å². The van der Waals surface area contributed by atoms with E-state index in [1.165, 1.54) is 0 Å². The lowest BCUT2D eigenvalue weighted by Crippen LogP contribution is -2.45. The second-order valence-corrected chi connectivity index (χ2v) is 6.02. The quantitative estimate of drug-likeness (QED) is 0.731. The van der Waals surface area contributed by atoms with E-state index < -0.39 is 11.9 Å². The number of aromatic amines is 1. The maximum absolute atomic E-state index is 11.9. The molecular weight excluding hydrogens is 278 g/mol. The molecule has 4 N–H and O–H groups in total. The van der Waals surface area contributed by atoms with Gasteiger partial charge in [-0.2, -0.15) is 0 Å². The lowest BCUT2D eigenvalue weighted by Gasteiger charge is -2.15. The van der Waals surface area contributed by atoms with Gasteiger partial charge in [0.15, 0.2) is 0 Å². The van der Waals surface area contributed by atoms with Crippen molar-refractivity contribution in [2.24, 2.45) is 11.7 Å². The van der Waals surface area contributed by atoms with Crippen molar-refractivity contribution in [2.75, 3.05) is 0 Å². The Labute approximate surface area is 130 Å². The molecule has 1 atom stereocenters. The predicted molar refractivity (Wildman–Crippen MR) is 87.2 cm³/mol. The van der Waals surface area contributed by atoms with Gasteiger partial charge in [-0.1, -0.05) is 32.0 Å². The van der Waals surface area contributed by atoms with Crippen molar-refractivity contribution in [1.82, 2.24) is 10.3 Å². The number of hydrogen-bond acceptors (Lipinski definition) is 2. The van der Waals surface area contributed by atoms with Crippen molar-refractivity contribution in [3.05, 3.63) is 36.0 Å². The van der Waals surface area contributed by atoms with Crippen LogP contribution in [-0.4, -0.2) is 22.8 Å². The summed E-state index contributed by atoms with van der Waals surface area (Å²) in [5, 5.41) is 3.79. The monoisotopic (exact) mass is 301 g/mol. The number of carbonyl (C=O) groups excluding carboxylic acids is 2. The largest absolute Gasteiger partial charge is 0.368 e. The number of H-pyrrole nitrogens is 1. The lowest BCUT2D eigenvalue weighted by molar-refractivity contribution is -0.127. The minimum atomic E-state index is -0.682. The Morgan fingerprint density at radius 2 is 2.00 bits per heavy atom. The highest BCUT2D eigenvalue weighted by atomic mass is 16.2. The molecule has 0 spiro atoms. The summed E-state index contributed by atoms with van der Waals surface area (Å²) in [4.78, 5) is 26.7. The molecule has 0 aliphatic rings. The third-order valence-electron chi connectivity index (χ3n) is 3.73. The number of hydrogen-bond donors (Lipinski definition) is 3. The van der Waals surface area contributed by atoms with Crippen LogP contribution in [0.4, 0.5) is 0 Å². The molecule has 0 bridgehead atoms. The fraction of sp³-hybridized carbons (Fsp3) is 0.412. The van der Waals surface area contributed by atoms with E-state index in [1.54, 1.807) is 0 Å². The predicted octanol–water partition coefficient (Wildman–Crippen LogP) is 2.12. The minimum Gasteiger partial charge on any atom is -0.368 e. The van der Waals surface area contributed by atoms with Crippen molar-refractivity contribution in [2.45, 2.75) is 39.2 Å². The summed E-state index contributed by atoms with van der Waals surface area (Å²) in [5.41, 5.74) is 7.42. The third kappa shape index (κ3) is 4.10. The number of fused-ring (bicyclic) bond motifs is 1. The Hall–Kier alpha value is -2.30. The molecule has 1 aromatic carbocycles. The number of carbonyl (C=O) groups is 2. The van der Waals surface area contributed by atoms with Crippen LogP contribution in [0.25, 0.3) is 10.9 Å². The Kier molecular flexibility index (Phi) is 5.20. The maximum atomic E-state index is 11.9. The van der Waals surface area contributed by atoms with Crippen molar-refractivity contribution < 1.29 is 9.59 Å². The van der Waals surface area contributed by atoms with Crippen LogP contribution in [0.5, 0.6) is 0 Å². The molecule has 1 unspecified atom stereocenters. The molecule has 0 radical (unpaired) electrons. The van der Waals surface area contributed by atoms with E-state index in [1.807, 2.05) is 30.5 Å². The SMILES string of the molecule is CC(C)CCC(=O)NC(Cc1c[nH]c2ccccc12)C(N)=O. The van der Waals surface area contributed by atoms with Crippen LogP contribution in [0.2, 0.25) is 0 Å². The first-order chi connectivity index (χ1) is 10.5. The van der Waals surface area contributed by atoms with E-state index >= 15 is 0 Å². The fourth-order valence-corrected chi connectivity index (χ4v) is 2.43. The number of benzene rings is 1. The Morgan fingerprint density at radius 3 is 2.68 bits per heavy atom. The summed E-state index contributed by atoms with van der Waals surface area (Å²) in [6, 6.07) is 7.17. The van der Waals surface area contributed by atoms with Gasteiger partial charge in [-0.25, -0.2) is 0 Å². The first-order valence-electron chi connectivity index (χ1n) is 7.61. The van der Waals surface area contributed by atoms with Gasteiger partial charge in [0, 0.05) is 29.9 Å². The summed E-state index contributed by atoms with van der Waals surface area (Å²) < 4.78 is 0. The fourth-order valence-electron chi connectivity index (χ4n) is 2.43. The molecule has 0 aliphatic carbocycles. The Morgan fingerprint density at radius 1 is 1.27 bits per heavy atom. The Bertz CT molecular complexity index is 661. The molecule has 5 nitrogen and oxygen atoms in total. The molecule has 0 aliphatic heterocycles. The van der Waals surface area contributed by atoms with Gasteiger partial charge in [0.05, 0.1) is 0 Å². The summed E-state index contributed by atoms with van der Waals surface area (Å²) in [6.07, 6.45) is 3.47. The minimum absolute atomic E-state index is 0.127. The zero-order valence-corrected chi connectivity index (χ0v) is 13.1. The molecule has 5 heteroatoms. The molecule has 0 saturated heterocycles. The number of nitrogens with two attached hydrogens (primary N) is 1. The van der Waals surface area contributed by atoms with Crippen molar-refractivity contribution >= 4 is 22.7 Å². The van der Waals surface area contributed by atoms with Crippen LogP contribution in [-0.2, 0) is 16.0 Å². The zero-order valence-electron chi connectivity index (χ0n) is 13.1. The van der Waals surface area contributed by atoms with Crippen LogP contribution in [0.3, 0.4) is 0 Å². The molecule has 2 aromatic rings. The molecule has 22 heavy (non-hydrogen) atoms. The average Bonchev–Trinajstić information content (AvgIpc) is 2.87.